The summed E-state index contributed by atoms with van der Waals surface area (Å²) in [7, 11) is 1.68. The zero-order valence-corrected chi connectivity index (χ0v) is 18.0. The van der Waals surface area contributed by atoms with Gasteiger partial charge in [0.1, 0.15) is 23.9 Å². The highest BCUT2D eigenvalue weighted by Gasteiger charge is 2.11. The Kier molecular flexibility index (Phi) is 6.70. The number of hydrogen-bond donors (Lipinski definition) is 1. The van der Waals surface area contributed by atoms with Crippen molar-refractivity contribution in [1.82, 2.24) is 5.32 Å². The molecule has 0 amide bonds. The molecule has 31 heavy (non-hydrogen) atoms. The van der Waals surface area contributed by atoms with E-state index in [1.165, 1.54) is 12.1 Å². The van der Waals surface area contributed by atoms with Gasteiger partial charge in [-0.2, -0.15) is 0 Å². The molecular weight excluding hydrogens is 413 g/mol. The van der Waals surface area contributed by atoms with E-state index in [-0.39, 0.29) is 12.4 Å². The number of fused-ring (bicyclic) bond motifs is 1. The summed E-state index contributed by atoms with van der Waals surface area (Å²) >= 11 is 6.17. The number of hydrogen-bond acceptors (Lipinski definition) is 3. The van der Waals surface area contributed by atoms with Crippen LogP contribution in [0.4, 0.5) is 4.39 Å². The Morgan fingerprint density at radius 3 is 2.48 bits per heavy atom. The summed E-state index contributed by atoms with van der Waals surface area (Å²) in [5.41, 5.74) is 2.89. The topological polar surface area (TPSA) is 30.5 Å². The molecule has 5 heteroatoms. The monoisotopic (exact) mass is 435 g/mol. The first-order valence-electron chi connectivity index (χ1n) is 10.1. The van der Waals surface area contributed by atoms with E-state index in [1.54, 1.807) is 13.2 Å². The summed E-state index contributed by atoms with van der Waals surface area (Å²) < 4.78 is 24.9. The van der Waals surface area contributed by atoms with Crippen molar-refractivity contribution in [2.45, 2.75) is 19.7 Å². The molecule has 4 aromatic rings. The Morgan fingerprint density at radius 2 is 1.65 bits per heavy atom. The van der Waals surface area contributed by atoms with Crippen molar-refractivity contribution in [3.8, 4) is 11.5 Å². The first kappa shape index (κ1) is 21.2. The minimum atomic E-state index is -0.360. The van der Waals surface area contributed by atoms with Crippen LogP contribution in [0.3, 0.4) is 0 Å². The molecule has 0 aliphatic rings. The fourth-order valence-corrected chi connectivity index (χ4v) is 3.82. The van der Waals surface area contributed by atoms with Crippen molar-refractivity contribution in [2.24, 2.45) is 0 Å². The van der Waals surface area contributed by atoms with Gasteiger partial charge >= 0.3 is 0 Å². The van der Waals surface area contributed by atoms with Crippen molar-refractivity contribution < 1.29 is 13.9 Å². The standard InChI is InChI=1S/C26H23ClFNO2/c1-30-25-9-5-3-7-19(25)15-29-16-23-22-8-4-2-6-18(22)11-13-26(23)31-17-20-10-12-21(28)14-24(20)27/h2-14,29H,15-17H2,1H3. The van der Waals surface area contributed by atoms with Crippen LogP contribution in [-0.2, 0) is 19.7 Å². The van der Waals surface area contributed by atoms with Crippen LogP contribution in [-0.4, -0.2) is 7.11 Å². The summed E-state index contributed by atoms with van der Waals surface area (Å²) in [5.74, 6) is 1.27. The molecule has 0 unspecified atom stereocenters. The fraction of sp³-hybridized carbons (Fsp3) is 0.154. The molecule has 0 radical (unpaired) electrons. The summed E-state index contributed by atoms with van der Waals surface area (Å²) in [4.78, 5) is 0. The van der Waals surface area contributed by atoms with Crippen LogP contribution < -0.4 is 14.8 Å². The van der Waals surface area contributed by atoms with Crippen LogP contribution in [0.2, 0.25) is 5.02 Å². The van der Waals surface area contributed by atoms with Crippen LogP contribution in [0.5, 0.6) is 11.5 Å². The molecular formula is C26H23ClFNO2. The minimum Gasteiger partial charge on any atom is -0.496 e. The average molecular weight is 436 g/mol. The zero-order valence-electron chi connectivity index (χ0n) is 17.2. The van der Waals surface area contributed by atoms with E-state index in [4.69, 9.17) is 21.1 Å². The van der Waals surface area contributed by atoms with E-state index >= 15 is 0 Å². The summed E-state index contributed by atoms with van der Waals surface area (Å²) in [5, 5.41) is 6.13. The van der Waals surface area contributed by atoms with E-state index < -0.39 is 0 Å². The molecule has 1 N–H and O–H groups in total. The van der Waals surface area contributed by atoms with Crippen LogP contribution in [0.1, 0.15) is 16.7 Å². The van der Waals surface area contributed by atoms with Crippen molar-refractivity contribution in [3.63, 3.8) is 0 Å². The Balaban J connectivity index is 1.56. The number of rotatable bonds is 8. The van der Waals surface area contributed by atoms with Crippen molar-refractivity contribution in [1.29, 1.82) is 0 Å². The lowest BCUT2D eigenvalue weighted by molar-refractivity contribution is 0.302. The molecule has 0 bridgehead atoms. The van der Waals surface area contributed by atoms with Gasteiger partial charge in [0.2, 0.25) is 0 Å². The minimum absolute atomic E-state index is 0.261. The maximum Gasteiger partial charge on any atom is 0.124 e. The van der Waals surface area contributed by atoms with Crippen LogP contribution in [0, 0.1) is 5.82 Å². The van der Waals surface area contributed by atoms with E-state index in [0.717, 1.165) is 39.0 Å². The summed E-state index contributed by atoms with van der Waals surface area (Å²) in [6.07, 6.45) is 0. The van der Waals surface area contributed by atoms with Crippen LogP contribution in [0.15, 0.2) is 78.9 Å². The van der Waals surface area contributed by atoms with E-state index in [1.807, 2.05) is 48.5 Å². The van der Waals surface area contributed by atoms with Gasteiger partial charge in [-0.15, -0.1) is 0 Å². The first-order chi connectivity index (χ1) is 15.2. The first-order valence-corrected chi connectivity index (χ1v) is 10.4. The Labute approximate surface area is 186 Å². The second-order valence-electron chi connectivity index (χ2n) is 7.20. The number of para-hydroxylation sites is 1. The molecule has 158 valence electrons. The highest BCUT2D eigenvalue weighted by Crippen LogP contribution is 2.30. The van der Waals surface area contributed by atoms with Crippen molar-refractivity contribution in [3.05, 3.63) is 106 Å². The van der Waals surface area contributed by atoms with Gasteiger partial charge < -0.3 is 14.8 Å². The van der Waals surface area contributed by atoms with Crippen molar-refractivity contribution >= 4 is 22.4 Å². The Hall–Kier alpha value is -3.08. The number of halogens is 2. The number of nitrogens with one attached hydrogen (secondary N) is 1. The molecule has 0 aromatic heterocycles. The van der Waals surface area contributed by atoms with Gasteiger partial charge in [-0.05, 0) is 35.0 Å². The molecule has 0 spiro atoms. The van der Waals surface area contributed by atoms with Crippen LogP contribution >= 0.6 is 11.6 Å². The van der Waals surface area contributed by atoms with E-state index in [9.17, 15) is 4.39 Å². The molecule has 0 heterocycles. The predicted molar refractivity (Wildman–Crippen MR) is 123 cm³/mol. The van der Waals surface area contributed by atoms with E-state index in [2.05, 4.69) is 17.4 Å². The molecule has 3 nitrogen and oxygen atoms in total. The van der Waals surface area contributed by atoms with Gasteiger partial charge in [0.05, 0.1) is 12.1 Å². The van der Waals surface area contributed by atoms with Crippen LogP contribution in [0.25, 0.3) is 10.8 Å². The predicted octanol–water partition coefficient (Wildman–Crippen LogP) is 6.51. The molecule has 4 rings (SSSR count). The second kappa shape index (κ2) is 9.82. The Bertz CT molecular complexity index is 1200. The lowest BCUT2D eigenvalue weighted by Gasteiger charge is -2.16. The third-order valence-corrected chi connectivity index (χ3v) is 5.56. The number of methoxy groups -OCH3 is 1. The normalized spacial score (nSPS) is 10.9. The number of ether oxygens (including phenoxy) is 2. The number of benzene rings is 4. The van der Waals surface area contributed by atoms with Gasteiger partial charge in [0.15, 0.2) is 0 Å². The second-order valence-corrected chi connectivity index (χ2v) is 7.61. The summed E-state index contributed by atoms with van der Waals surface area (Å²) in [6.45, 7) is 1.54. The fourth-order valence-electron chi connectivity index (χ4n) is 3.60. The Morgan fingerprint density at radius 1 is 0.839 bits per heavy atom. The molecule has 0 aliphatic carbocycles. The van der Waals surface area contributed by atoms with Crippen molar-refractivity contribution in [2.75, 3.05) is 7.11 Å². The van der Waals surface area contributed by atoms with Gasteiger partial charge in [-0.25, -0.2) is 4.39 Å². The third-order valence-electron chi connectivity index (χ3n) is 5.21. The lowest BCUT2D eigenvalue weighted by atomic mass is 10.0. The largest absolute Gasteiger partial charge is 0.496 e. The highest BCUT2D eigenvalue weighted by atomic mass is 35.5. The molecule has 0 atom stereocenters. The molecule has 4 aromatic carbocycles. The van der Waals surface area contributed by atoms with E-state index in [0.29, 0.717) is 18.1 Å². The van der Waals surface area contributed by atoms with Gasteiger partial charge in [-0.3, -0.25) is 0 Å². The highest BCUT2D eigenvalue weighted by molar-refractivity contribution is 6.31. The maximum atomic E-state index is 13.3. The quantitative estimate of drug-likeness (QED) is 0.342. The van der Waals surface area contributed by atoms with Gasteiger partial charge in [0, 0.05) is 29.8 Å². The molecule has 0 fully saturated rings. The maximum absolute atomic E-state index is 13.3. The smallest absolute Gasteiger partial charge is 0.124 e. The third kappa shape index (κ3) is 4.98. The molecule has 0 saturated carbocycles. The van der Waals surface area contributed by atoms with Gasteiger partial charge in [-0.1, -0.05) is 66.2 Å². The molecule has 0 aliphatic heterocycles. The zero-order chi connectivity index (χ0) is 21.6. The average Bonchev–Trinajstić information content (AvgIpc) is 2.79. The summed E-state index contributed by atoms with van der Waals surface area (Å²) in [6, 6.07) is 24.5. The molecule has 0 saturated heterocycles. The SMILES string of the molecule is COc1ccccc1CNCc1c(OCc2ccc(F)cc2Cl)ccc2ccccc12. The lowest BCUT2D eigenvalue weighted by Crippen LogP contribution is -2.14. The van der Waals surface area contributed by atoms with Gasteiger partial charge in [0.25, 0.3) is 0 Å².